The fourth-order valence-corrected chi connectivity index (χ4v) is 2.47. The number of aromatic nitrogens is 1. The first-order valence-electron chi connectivity index (χ1n) is 5.64. The molecule has 5 heteroatoms. The minimum Gasteiger partial charge on any atom is -0.384 e. The second-order valence-corrected chi connectivity index (χ2v) is 4.86. The Balaban J connectivity index is 2.35. The van der Waals surface area contributed by atoms with E-state index in [0.29, 0.717) is 17.7 Å². The molecule has 2 aromatic rings. The van der Waals surface area contributed by atoms with Crippen LogP contribution in [0.15, 0.2) is 28.4 Å². The molecule has 0 atom stereocenters. The van der Waals surface area contributed by atoms with E-state index in [4.69, 9.17) is 5.11 Å². The van der Waals surface area contributed by atoms with Gasteiger partial charge in [0.1, 0.15) is 12.4 Å². The van der Waals surface area contributed by atoms with Gasteiger partial charge in [0.15, 0.2) is 0 Å². The summed E-state index contributed by atoms with van der Waals surface area (Å²) < 4.78 is 15.1. The monoisotopic (exact) mass is 277 g/mol. The molecule has 1 heterocycles. The lowest BCUT2D eigenvalue weighted by Crippen LogP contribution is -2.15. The van der Waals surface area contributed by atoms with E-state index in [1.54, 1.807) is 16.0 Å². The summed E-state index contributed by atoms with van der Waals surface area (Å²) in [6.07, 6.45) is 0. The smallest absolute Gasteiger partial charge is 0.307 e. The second-order valence-electron chi connectivity index (χ2n) is 4.04. The van der Waals surface area contributed by atoms with Crippen LogP contribution in [0.4, 0.5) is 4.39 Å². The molecule has 19 heavy (non-hydrogen) atoms. The topological polar surface area (TPSA) is 42.2 Å². The van der Waals surface area contributed by atoms with Crippen LogP contribution in [0.25, 0.3) is 0 Å². The lowest BCUT2D eigenvalue weighted by atomic mass is 10.1. The predicted molar refractivity (Wildman–Crippen MR) is 72.8 cm³/mol. The molecule has 98 valence electrons. The van der Waals surface area contributed by atoms with E-state index in [0.717, 1.165) is 17.0 Å². The molecule has 1 N–H and O–H groups in total. The minimum atomic E-state index is -0.402. The van der Waals surface area contributed by atoms with Crippen molar-refractivity contribution in [3.05, 3.63) is 55.9 Å². The average Bonchev–Trinajstić information content (AvgIpc) is 2.67. The Labute approximate surface area is 114 Å². The van der Waals surface area contributed by atoms with Crippen LogP contribution in [0.5, 0.6) is 0 Å². The summed E-state index contributed by atoms with van der Waals surface area (Å²) in [5.74, 6) is 4.73. The minimum absolute atomic E-state index is 0.0650. The third kappa shape index (κ3) is 3.31. The Morgan fingerprint density at radius 3 is 2.84 bits per heavy atom. The molecule has 0 bridgehead atoms. The Hall–Kier alpha value is -1.90. The van der Waals surface area contributed by atoms with E-state index in [1.165, 1.54) is 12.1 Å². The zero-order valence-electron chi connectivity index (χ0n) is 10.3. The molecule has 2 rings (SSSR count). The molecule has 0 aliphatic carbocycles. The molecule has 0 saturated heterocycles. The Morgan fingerprint density at radius 2 is 2.21 bits per heavy atom. The number of hydrogen-bond donors (Lipinski definition) is 1. The fraction of sp³-hybridized carbons (Fsp3) is 0.214. The molecule has 0 radical (unpaired) electrons. The summed E-state index contributed by atoms with van der Waals surface area (Å²) in [6.45, 7) is 1.89. The first-order chi connectivity index (χ1) is 9.10. The van der Waals surface area contributed by atoms with Gasteiger partial charge < -0.3 is 5.11 Å². The summed E-state index contributed by atoms with van der Waals surface area (Å²) in [5, 5.41) is 10.4. The van der Waals surface area contributed by atoms with Gasteiger partial charge in [0.2, 0.25) is 0 Å². The van der Waals surface area contributed by atoms with Gasteiger partial charge in [-0.15, -0.1) is 0 Å². The van der Waals surface area contributed by atoms with Crippen molar-refractivity contribution in [2.24, 2.45) is 0 Å². The standard InChI is InChI=1S/C14H12FNO2S/c1-10-9-19-14(18)16(10)8-12-5-11(3-2-4-17)6-13(15)7-12/h5-7,9,17H,4,8H2,1H3. The third-order valence-corrected chi connectivity index (χ3v) is 3.47. The summed E-state index contributed by atoms with van der Waals surface area (Å²) in [6, 6.07) is 4.40. The summed E-state index contributed by atoms with van der Waals surface area (Å²) >= 11 is 1.13. The highest BCUT2D eigenvalue weighted by molar-refractivity contribution is 7.07. The SMILES string of the molecule is Cc1csc(=O)n1Cc1cc(F)cc(C#CCO)c1. The van der Waals surface area contributed by atoms with E-state index in [9.17, 15) is 9.18 Å². The number of thiazole rings is 1. The largest absolute Gasteiger partial charge is 0.384 e. The van der Waals surface area contributed by atoms with Crippen LogP contribution in [-0.2, 0) is 6.54 Å². The van der Waals surface area contributed by atoms with Crippen LogP contribution >= 0.6 is 11.3 Å². The van der Waals surface area contributed by atoms with Crippen molar-refractivity contribution in [2.45, 2.75) is 13.5 Å². The number of halogens is 1. The maximum Gasteiger partial charge on any atom is 0.307 e. The molecule has 0 amide bonds. The van der Waals surface area contributed by atoms with Gasteiger partial charge in [-0.1, -0.05) is 23.2 Å². The molecular formula is C14H12FNO2S. The Bertz CT molecular complexity index is 706. The van der Waals surface area contributed by atoms with E-state index < -0.39 is 5.82 Å². The zero-order valence-corrected chi connectivity index (χ0v) is 11.1. The molecule has 0 aliphatic rings. The van der Waals surface area contributed by atoms with E-state index in [-0.39, 0.29) is 11.5 Å². The molecule has 0 spiro atoms. The second kappa shape index (κ2) is 5.83. The average molecular weight is 277 g/mol. The maximum atomic E-state index is 13.5. The van der Waals surface area contributed by atoms with Crippen molar-refractivity contribution in [1.82, 2.24) is 4.57 Å². The van der Waals surface area contributed by atoms with Gasteiger partial charge in [-0.25, -0.2) is 4.39 Å². The molecule has 1 aromatic carbocycles. The molecule has 1 aromatic heterocycles. The third-order valence-electron chi connectivity index (χ3n) is 2.59. The highest BCUT2D eigenvalue weighted by atomic mass is 32.1. The van der Waals surface area contributed by atoms with Crippen molar-refractivity contribution in [3.63, 3.8) is 0 Å². The van der Waals surface area contributed by atoms with E-state index >= 15 is 0 Å². The van der Waals surface area contributed by atoms with Crippen molar-refractivity contribution in [2.75, 3.05) is 6.61 Å². The van der Waals surface area contributed by atoms with Crippen molar-refractivity contribution in [1.29, 1.82) is 0 Å². The van der Waals surface area contributed by atoms with Gasteiger partial charge in [-0.2, -0.15) is 0 Å². The summed E-state index contributed by atoms with van der Waals surface area (Å²) in [7, 11) is 0. The Kier molecular flexibility index (Phi) is 4.15. The van der Waals surface area contributed by atoms with Crippen LogP contribution in [0.1, 0.15) is 16.8 Å². The molecule has 0 fully saturated rings. The van der Waals surface area contributed by atoms with Crippen molar-refractivity contribution < 1.29 is 9.50 Å². The summed E-state index contributed by atoms with van der Waals surface area (Å²) in [4.78, 5) is 11.5. The predicted octanol–water partition coefficient (Wildman–Crippen LogP) is 1.75. The number of hydrogen-bond acceptors (Lipinski definition) is 3. The van der Waals surface area contributed by atoms with Crippen LogP contribution in [0, 0.1) is 24.6 Å². The number of aryl methyl sites for hydroxylation is 1. The van der Waals surface area contributed by atoms with Gasteiger partial charge in [0.25, 0.3) is 0 Å². The van der Waals surface area contributed by atoms with E-state index in [2.05, 4.69) is 11.8 Å². The lowest BCUT2D eigenvalue weighted by molar-refractivity contribution is 0.350. The van der Waals surface area contributed by atoms with Crippen LogP contribution in [0.2, 0.25) is 0 Å². The number of aliphatic hydroxyl groups is 1. The normalized spacial score (nSPS) is 10.1. The maximum absolute atomic E-state index is 13.5. The fourth-order valence-electron chi connectivity index (χ4n) is 1.73. The van der Waals surface area contributed by atoms with Crippen molar-refractivity contribution in [3.8, 4) is 11.8 Å². The van der Waals surface area contributed by atoms with E-state index in [1.807, 2.05) is 6.92 Å². The summed E-state index contributed by atoms with van der Waals surface area (Å²) in [5.41, 5.74) is 2.01. The van der Waals surface area contributed by atoms with Crippen LogP contribution < -0.4 is 4.87 Å². The lowest BCUT2D eigenvalue weighted by Gasteiger charge is -2.05. The van der Waals surface area contributed by atoms with Gasteiger partial charge in [0.05, 0.1) is 6.54 Å². The molecule has 3 nitrogen and oxygen atoms in total. The van der Waals surface area contributed by atoms with Crippen LogP contribution in [-0.4, -0.2) is 16.3 Å². The molecule has 0 aliphatic heterocycles. The van der Waals surface area contributed by atoms with Gasteiger partial charge in [-0.3, -0.25) is 9.36 Å². The molecule has 0 unspecified atom stereocenters. The first kappa shape index (κ1) is 13.5. The number of rotatable bonds is 2. The zero-order chi connectivity index (χ0) is 13.8. The van der Waals surface area contributed by atoms with Gasteiger partial charge >= 0.3 is 4.87 Å². The van der Waals surface area contributed by atoms with Crippen LogP contribution in [0.3, 0.4) is 0 Å². The van der Waals surface area contributed by atoms with Crippen molar-refractivity contribution >= 4 is 11.3 Å². The highest BCUT2D eigenvalue weighted by Crippen LogP contribution is 2.11. The first-order valence-corrected chi connectivity index (χ1v) is 6.52. The molecule has 0 saturated carbocycles. The number of benzene rings is 1. The number of aliphatic hydroxyl groups excluding tert-OH is 1. The van der Waals surface area contributed by atoms with Gasteiger partial charge in [-0.05, 0) is 30.7 Å². The Morgan fingerprint density at radius 1 is 1.42 bits per heavy atom. The van der Waals surface area contributed by atoms with Gasteiger partial charge in [0, 0.05) is 16.6 Å². The number of nitrogens with zero attached hydrogens (tertiary/aromatic N) is 1. The molecular weight excluding hydrogens is 265 g/mol. The quantitative estimate of drug-likeness (QED) is 0.850. The highest BCUT2D eigenvalue weighted by Gasteiger charge is 2.05.